The van der Waals surface area contributed by atoms with Crippen LogP contribution in [0.25, 0.3) is 0 Å². The van der Waals surface area contributed by atoms with E-state index < -0.39 is 0 Å². The molecule has 2 rings (SSSR count). The van der Waals surface area contributed by atoms with Crippen molar-refractivity contribution in [2.45, 2.75) is 19.9 Å². The average Bonchev–Trinajstić information content (AvgIpc) is 2.42. The second-order valence-corrected chi connectivity index (χ2v) is 4.22. The predicted molar refractivity (Wildman–Crippen MR) is 74.5 cm³/mol. The summed E-state index contributed by atoms with van der Waals surface area (Å²) in [6.45, 7) is 4.53. The summed E-state index contributed by atoms with van der Waals surface area (Å²) in [6.07, 6.45) is 1.70. The second kappa shape index (κ2) is 6.20. The number of pyridine rings is 1. The van der Waals surface area contributed by atoms with Crippen LogP contribution in [0.3, 0.4) is 0 Å². The lowest BCUT2D eigenvalue weighted by molar-refractivity contribution is 0.339. The van der Waals surface area contributed by atoms with Gasteiger partial charge in [-0.25, -0.2) is 4.98 Å². The molecule has 1 heterocycles. The molecule has 0 unspecified atom stereocenters. The third kappa shape index (κ3) is 3.69. The van der Waals surface area contributed by atoms with Crippen molar-refractivity contribution in [2.24, 2.45) is 5.73 Å². The Hall–Kier alpha value is -2.07. The Bertz CT molecular complexity index is 524. The molecule has 0 aliphatic heterocycles. The monoisotopic (exact) mass is 258 g/mol. The molecule has 0 radical (unpaired) electrons. The Morgan fingerprint density at radius 2 is 1.84 bits per heavy atom. The molecule has 0 aliphatic rings. The summed E-state index contributed by atoms with van der Waals surface area (Å²) in [5.41, 5.74) is 6.83. The quantitative estimate of drug-likeness (QED) is 0.894. The average molecular weight is 258 g/mol. The number of nitrogens with zero attached hydrogens (tertiary/aromatic N) is 1. The maximum absolute atomic E-state index is 5.83. The van der Waals surface area contributed by atoms with Crippen LogP contribution in [0.5, 0.6) is 17.4 Å². The summed E-state index contributed by atoms with van der Waals surface area (Å²) in [6, 6.07) is 11.1. The van der Waals surface area contributed by atoms with Gasteiger partial charge in [-0.2, -0.15) is 0 Å². The molecule has 1 aromatic heterocycles. The zero-order valence-corrected chi connectivity index (χ0v) is 11.2. The van der Waals surface area contributed by atoms with Crippen LogP contribution in [0.2, 0.25) is 0 Å². The first-order valence-electron chi connectivity index (χ1n) is 6.31. The molecule has 0 aliphatic carbocycles. The normalized spacial score (nSPS) is 11.9. The number of benzene rings is 1. The van der Waals surface area contributed by atoms with Gasteiger partial charge in [0.2, 0.25) is 5.88 Å². The van der Waals surface area contributed by atoms with Crippen molar-refractivity contribution in [3.8, 4) is 17.4 Å². The van der Waals surface area contributed by atoms with Gasteiger partial charge in [0, 0.05) is 18.3 Å². The smallest absolute Gasteiger partial charge is 0.219 e. The van der Waals surface area contributed by atoms with E-state index in [0.717, 1.165) is 17.1 Å². The molecule has 0 bridgehead atoms. The molecule has 0 saturated heterocycles. The highest BCUT2D eigenvalue weighted by Gasteiger charge is 2.04. The number of aromatic nitrogens is 1. The molecule has 100 valence electrons. The summed E-state index contributed by atoms with van der Waals surface area (Å²) < 4.78 is 11.1. The Labute approximate surface area is 113 Å². The van der Waals surface area contributed by atoms with E-state index in [4.69, 9.17) is 15.2 Å². The van der Waals surface area contributed by atoms with Crippen LogP contribution in [0.4, 0.5) is 0 Å². The van der Waals surface area contributed by atoms with Gasteiger partial charge in [0.05, 0.1) is 6.61 Å². The maximum atomic E-state index is 5.83. The standard InChI is InChI=1S/C15H18N2O2/c1-3-18-13-4-6-14(7-5-13)19-15-10-12(11(2)16)8-9-17-15/h4-11H,3,16H2,1-2H3/t11-/m1/s1. The molecule has 0 saturated carbocycles. The Morgan fingerprint density at radius 3 is 2.47 bits per heavy atom. The number of hydrogen-bond acceptors (Lipinski definition) is 4. The third-order valence-corrected chi connectivity index (χ3v) is 2.64. The predicted octanol–water partition coefficient (Wildman–Crippen LogP) is 3.29. The fraction of sp³-hybridized carbons (Fsp3) is 0.267. The van der Waals surface area contributed by atoms with E-state index >= 15 is 0 Å². The lowest BCUT2D eigenvalue weighted by atomic mass is 10.1. The lowest BCUT2D eigenvalue weighted by Gasteiger charge is -2.09. The summed E-state index contributed by atoms with van der Waals surface area (Å²) in [4.78, 5) is 4.17. The third-order valence-electron chi connectivity index (χ3n) is 2.64. The number of rotatable bonds is 5. The Balaban J connectivity index is 2.10. The van der Waals surface area contributed by atoms with Gasteiger partial charge in [-0.1, -0.05) is 0 Å². The van der Waals surface area contributed by atoms with Crippen LogP contribution in [0, 0.1) is 0 Å². The number of nitrogens with two attached hydrogens (primary N) is 1. The van der Waals surface area contributed by atoms with Gasteiger partial charge >= 0.3 is 0 Å². The lowest BCUT2D eigenvalue weighted by Crippen LogP contribution is -2.05. The molecular formula is C15H18N2O2. The van der Waals surface area contributed by atoms with Crippen molar-refractivity contribution in [1.82, 2.24) is 4.98 Å². The van der Waals surface area contributed by atoms with Crippen LogP contribution < -0.4 is 15.2 Å². The fourth-order valence-electron chi connectivity index (χ4n) is 1.66. The molecule has 4 heteroatoms. The van der Waals surface area contributed by atoms with Gasteiger partial charge in [0.15, 0.2) is 0 Å². The minimum atomic E-state index is -0.0364. The van der Waals surface area contributed by atoms with Crippen LogP contribution in [-0.4, -0.2) is 11.6 Å². The van der Waals surface area contributed by atoms with Gasteiger partial charge < -0.3 is 15.2 Å². The van der Waals surface area contributed by atoms with E-state index in [1.807, 2.05) is 50.2 Å². The highest BCUT2D eigenvalue weighted by atomic mass is 16.5. The van der Waals surface area contributed by atoms with Crippen LogP contribution >= 0.6 is 0 Å². The van der Waals surface area contributed by atoms with Gasteiger partial charge in [0.1, 0.15) is 11.5 Å². The summed E-state index contributed by atoms with van der Waals surface area (Å²) >= 11 is 0. The first-order valence-corrected chi connectivity index (χ1v) is 6.31. The minimum Gasteiger partial charge on any atom is -0.494 e. The van der Waals surface area contributed by atoms with E-state index in [-0.39, 0.29) is 6.04 Å². The van der Waals surface area contributed by atoms with Crippen molar-refractivity contribution in [3.05, 3.63) is 48.2 Å². The fourth-order valence-corrected chi connectivity index (χ4v) is 1.66. The summed E-state index contributed by atoms with van der Waals surface area (Å²) in [7, 11) is 0. The summed E-state index contributed by atoms with van der Waals surface area (Å²) in [5.74, 6) is 2.09. The van der Waals surface area contributed by atoms with E-state index in [0.29, 0.717) is 12.5 Å². The van der Waals surface area contributed by atoms with E-state index in [1.54, 1.807) is 6.20 Å². The zero-order valence-electron chi connectivity index (χ0n) is 11.2. The number of hydrogen-bond donors (Lipinski definition) is 1. The van der Waals surface area contributed by atoms with E-state index in [2.05, 4.69) is 4.98 Å². The highest BCUT2D eigenvalue weighted by Crippen LogP contribution is 2.23. The largest absolute Gasteiger partial charge is 0.494 e. The van der Waals surface area contributed by atoms with Crippen LogP contribution in [-0.2, 0) is 0 Å². The second-order valence-electron chi connectivity index (χ2n) is 4.22. The molecule has 0 fully saturated rings. The molecule has 2 N–H and O–H groups in total. The van der Waals surface area contributed by atoms with Gasteiger partial charge in [-0.3, -0.25) is 0 Å². The minimum absolute atomic E-state index is 0.0364. The first kappa shape index (κ1) is 13.4. The molecule has 0 amide bonds. The van der Waals surface area contributed by atoms with Crippen LogP contribution in [0.1, 0.15) is 25.5 Å². The molecule has 19 heavy (non-hydrogen) atoms. The van der Waals surface area contributed by atoms with Crippen molar-refractivity contribution >= 4 is 0 Å². The van der Waals surface area contributed by atoms with Crippen LogP contribution in [0.15, 0.2) is 42.6 Å². The SMILES string of the molecule is CCOc1ccc(Oc2cc([C@@H](C)N)ccn2)cc1. The van der Waals surface area contributed by atoms with Gasteiger partial charge in [-0.15, -0.1) is 0 Å². The topological polar surface area (TPSA) is 57.4 Å². The van der Waals surface area contributed by atoms with E-state index in [9.17, 15) is 0 Å². The van der Waals surface area contributed by atoms with Crippen molar-refractivity contribution in [1.29, 1.82) is 0 Å². The van der Waals surface area contributed by atoms with E-state index in [1.165, 1.54) is 0 Å². The van der Waals surface area contributed by atoms with Crippen molar-refractivity contribution in [3.63, 3.8) is 0 Å². The van der Waals surface area contributed by atoms with Gasteiger partial charge in [-0.05, 0) is 49.7 Å². The van der Waals surface area contributed by atoms with Gasteiger partial charge in [0.25, 0.3) is 0 Å². The zero-order chi connectivity index (χ0) is 13.7. The molecule has 2 aromatic rings. The Kier molecular flexibility index (Phi) is 4.36. The maximum Gasteiger partial charge on any atom is 0.219 e. The van der Waals surface area contributed by atoms with Crippen molar-refractivity contribution in [2.75, 3.05) is 6.61 Å². The molecule has 4 nitrogen and oxygen atoms in total. The summed E-state index contributed by atoms with van der Waals surface area (Å²) in [5, 5.41) is 0. The molecule has 0 spiro atoms. The Morgan fingerprint density at radius 1 is 1.16 bits per heavy atom. The van der Waals surface area contributed by atoms with Crippen molar-refractivity contribution < 1.29 is 9.47 Å². The molecule has 1 atom stereocenters. The molecular weight excluding hydrogens is 240 g/mol. The molecule has 1 aromatic carbocycles. The highest BCUT2D eigenvalue weighted by molar-refractivity contribution is 5.34. The number of ether oxygens (including phenoxy) is 2. The first-order chi connectivity index (χ1) is 9.19.